The summed E-state index contributed by atoms with van der Waals surface area (Å²) in [6, 6.07) is 9.31. The number of hydrogen-bond acceptors (Lipinski definition) is 5. The van der Waals surface area contributed by atoms with Crippen LogP contribution in [0.15, 0.2) is 30.3 Å². The van der Waals surface area contributed by atoms with Gasteiger partial charge in [-0.15, -0.1) is 22.6 Å². The van der Waals surface area contributed by atoms with Gasteiger partial charge in [-0.3, -0.25) is 10.1 Å². The molecule has 0 fully saturated rings. The summed E-state index contributed by atoms with van der Waals surface area (Å²) in [4.78, 5) is 12.4. The summed E-state index contributed by atoms with van der Waals surface area (Å²) in [7, 11) is 0. The molecule has 0 radical (unpaired) electrons. The first kappa shape index (κ1) is 19.5. The van der Waals surface area contributed by atoms with Gasteiger partial charge < -0.3 is 5.73 Å². The zero-order chi connectivity index (χ0) is 16.0. The fraction of sp³-hybridized carbons (Fsp3) is 0.438. The summed E-state index contributed by atoms with van der Waals surface area (Å²) in [6.45, 7) is 3.86. The van der Waals surface area contributed by atoms with E-state index in [0.29, 0.717) is 5.13 Å². The highest BCUT2D eigenvalue weighted by Crippen LogP contribution is 2.22. The van der Waals surface area contributed by atoms with Crippen LogP contribution in [0.5, 0.6) is 0 Å². The van der Waals surface area contributed by atoms with Crippen molar-refractivity contribution in [3.63, 3.8) is 0 Å². The van der Waals surface area contributed by atoms with Crippen LogP contribution in [0.2, 0.25) is 0 Å². The first-order chi connectivity index (χ1) is 10.5. The van der Waals surface area contributed by atoms with Gasteiger partial charge in [-0.05, 0) is 18.9 Å². The number of anilines is 1. The second-order valence-corrected chi connectivity index (χ2v) is 6.54. The van der Waals surface area contributed by atoms with Crippen LogP contribution in [0.4, 0.5) is 5.13 Å². The predicted octanol–water partition coefficient (Wildman–Crippen LogP) is 3.51. The molecule has 0 aliphatic carbocycles. The Morgan fingerprint density at radius 1 is 1.26 bits per heavy atom. The second kappa shape index (κ2) is 8.96. The van der Waals surface area contributed by atoms with Gasteiger partial charge in [-0.25, -0.2) is 0 Å². The van der Waals surface area contributed by atoms with Gasteiger partial charge in [0.05, 0.1) is 0 Å². The van der Waals surface area contributed by atoms with Crippen LogP contribution in [-0.2, 0) is 16.8 Å². The van der Waals surface area contributed by atoms with Crippen LogP contribution in [-0.4, -0.2) is 16.1 Å². The highest BCUT2D eigenvalue weighted by Gasteiger charge is 2.31. The van der Waals surface area contributed by atoms with Gasteiger partial charge in [0.25, 0.3) is 5.91 Å². The van der Waals surface area contributed by atoms with Crippen molar-refractivity contribution in [2.24, 2.45) is 5.73 Å². The van der Waals surface area contributed by atoms with E-state index in [-0.39, 0.29) is 18.3 Å². The van der Waals surface area contributed by atoms with E-state index in [1.54, 1.807) is 6.92 Å². The van der Waals surface area contributed by atoms with E-state index in [9.17, 15) is 4.79 Å². The Morgan fingerprint density at radius 3 is 2.61 bits per heavy atom. The number of unbranched alkanes of at least 4 members (excludes halogenated alkanes) is 2. The third-order valence-electron chi connectivity index (χ3n) is 3.53. The van der Waals surface area contributed by atoms with Gasteiger partial charge in [0.1, 0.15) is 10.5 Å². The Hall–Kier alpha value is -1.50. The van der Waals surface area contributed by atoms with E-state index in [1.807, 2.05) is 30.3 Å². The Bertz CT molecular complexity index is 616. The van der Waals surface area contributed by atoms with Crippen molar-refractivity contribution in [2.75, 3.05) is 5.32 Å². The van der Waals surface area contributed by atoms with E-state index in [2.05, 4.69) is 22.4 Å². The minimum absolute atomic E-state index is 0. The van der Waals surface area contributed by atoms with Crippen LogP contribution >= 0.6 is 23.7 Å². The molecule has 1 aromatic heterocycles. The van der Waals surface area contributed by atoms with Crippen molar-refractivity contribution in [1.29, 1.82) is 0 Å². The first-order valence-electron chi connectivity index (χ1n) is 7.52. The van der Waals surface area contributed by atoms with Crippen LogP contribution in [0.1, 0.15) is 43.7 Å². The van der Waals surface area contributed by atoms with Crippen LogP contribution in [0, 0.1) is 0 Å². The zero-order valence-corrected chi connectivity index (χ0v) is 15.0. The quantitative estimate of drug-likeness (QED) is 0.745. The maximum absolute atomic E-state index is 12.4. The van der Waals surface area contributed by atoms with E-state index < -0.39 is 5.54 Å². The predicted molar refractivity (Wildman–Crippen MR) is 97.0 cm³/mol. The zero-order valence-electron chi connectivity index (χ0n) is 13.4. The molecule has 0 aliphatic heterocycles. The molecular formula is C16H23ClN4OS. The number of nitrogens with two attached hydrogens (primary N) is 1. The maximum atomic E-state index is 12.4. The summed E-state index contributed by atoms with van der Waals surface area (Å²) in [5, 5.41) is 12.4. The smallest absolute Gasteiger partial charge is 0.250 e. The number of amides is 1. The SMILES string of the molecule is CCCCCc1nnc(NC(=O)C(C)(N)c2ccccc2)s1.Cl. The molecule has 0 saturated heterocycles. The fourth-order valence-corrected chi connectivity index (χ4v) is 2.85. The van der Waals surface area contributed by atoms with Crippen molar-refractivity contribution in [1.82, 2.24) is 10.2 Å². The van der Waals surface area contributed by atoms with Gasteiger partial charge in [-0.2, -0.15) is 0 Å². The Balaban J connectivity index is 0.00000264. The fourth-order valence-electron chi connectivity index (χ4n) is 2.07. The molecular weight excluding hydrogens is 332 g/mol. The van der Waals surface area contributed by atoms with Crippen LogP contribution in [0.25, 0.3) is 0 Å². The lowest BCUT2D eigenvalue weighted by atomic mass is 9.92. The number of nitrogens with zero attached hydrogens (tertiary/aromatic N) is 2. The lowest BCUT2D eigenvalue weighted by Crippen LogP contribution is -2.45. The maximum Gasteiger partial charge on any atom is 0.250 e. The molecule has 23 heavy (non-hydrogen) atoms. The average Bonchev–Trinajstić information content (AvgIpc) is 2.96. The molecule has 1 unspecified atom stereocenters. The largest absolute Gasteiger partial charge is 0.314 e. The minimum atomic E-state index is -1.10. The summed E-state index contributed by atoms with van der Waals surface area (Å²) >= 11 is 1.41. The summed E-state index contributed by atoms with van der Waals surface area (Å²) < 4.78 is 0. The van der Waals surface area contributed by atoms with E-state index >= 15 is 0 Å². The number of rotatable bonds is 7. The number of carbonyl (C=O) groups excluding carboxylic acids is 1. The summed E-state index contributed by atoms with van der Waals surface area (Å²) in [5.74, 6) is -0.282. The van der Waals surface area contributed by atoms with E-state index in [1.165, 1.54) is 24.2 Å². The van der Waals surface area contributed by atoms with Gasteiger partial charge >= 0.3 is 0 Å². The van der Waals surface area contributed by atoms with Crippen molar-refractivity contribution in [3.8, 4) is 0 Å². The molecule has 5 nitrogen and oxygen atoms in total. The molecule has 1 aromatic carbocycles. The van der Waals surface area contributed by atoms with Gasteiger partial charge in [0.15, 0.2) is 0 Å². The third-order valence-corrected chi connectivity index (χ3v) is 4.43. The Morgan fingerprint density at radius 2 is 1.96 bits per heavy atom. The molecule has 3 N–H and O–H groups in total. The number of halogens is 1. The molecule has 0 aliphatic rings. The molecule has 2 rings (SSSR count). The van der Waals surface area contributed by atoms with Crippen LogP contribution < -0.4 is 11.1 Å². The average molecular weight is 355 g/mol. The Kier molecular flexibility index (Phi) is 7.61. The number of aromatic nitrogens is 2. The lowest BCUT2D eigenvalue weighted by molar-refractivity contribution is -0.120. The van der Waals surface area contributed by atoms with E-state index in [0.717, 1.165) is 23.4 Å². The van der Waals surface area contributed by atoms with E-state index in [4.69, 9.17) is 5.73 Å². The second-order valence-electron chi connectivity index (χ2n) is 5.48. The molecule has 2 aromatic rings. The summed E-state index contributed by atoms with van der Waals surface area (Å²) in [6.07, 6.45) is 4.35. The van der Waals surface area contributed by atoms with Crippen molar-refractivity contribution < 1.29 is 4.79 Å². The van der Waals surface area contributed by atoms with Crippen LogP contribution in [0.3, 0.4) is 0 Å². The standard InChI is InChI=1S/C16H22N4OS.ClH/c1-3-4-6-11-13-19-20-15(22-13)18-14(21)16(2,17)12-9-7-5-8-10-12;/h5,7-10H,3-4,6,11,17H2,1-2H3,(H,18,20,21);1H. The number of aryl methyl sites for hydroxylation is 1. The highest BCUT2D eigenvalue weighted by atomic mass is 35.5. The van der Waals surface area contributed by atoms with Gasteiger partial charge in [0.2, 0.25) is 5.13 Å². The molecule has 1 amide bonds. The minimum Gasteiger partial charge on any atom is -0.314 e. The van der Waals surface area contributed by atoms with Crippen molar-refractivity contribution >= 4 is 34.8 Å². The molecule has 0 saturated carbocycles. The summed E-state index contributed by atoms with van der Waals surface area (Å²) in [5.41, 5.74) is 5.84. The lowest BCUT2D eigenvalue weighted by Gasteiger charge is -2.23. The number of nitrogens with one attached hydrogen (secondary N) is 1. The molecule has 1 atom stereocenters. The monoisotopic (exact) mass is 354 g/mol. The molecule has 1 heterocycles. The normalized spacial score (nSPS) is 13.0. The topological polar surface area (TPSA) is 80.9 Å². The molecule has 0 spiro atoms. The molecule has 7 heteroatoms. The van der Waals surface area contributed by atoms with Crippen molar-refractivity contribution in [2.45, 2.75) is 45.1 Å². The van der Waals surface area contributed by atoms with Gasteiger partial charge in [0, 0.05) is 6.42 Å². The number of benzene rings is 1. The third kappa shape index (κ3) is 5.27. The number of carbonyl (C=O) groups is 1. The first-order valence-corrected chi connectivity index (χ1v) is 8.34. The highest BCUT2D eigenvalue weighted by molar-refractivity contribution is 7.15. The molecule has 126 valence electrons. The number of hydrogen-bond donors (Lipinski definition) is 2. The van der Waals surface area contributed by atoms with Gasteiger partial charge in [-0.1, -0.05) is 61.4 Å². The van der Waals surface area contributed by atoms with Crippen molar-refractivity contribution in [3.05, 3.63) is 40.9 Å². The molecule has 0 bridgehead atoms. The Labute approximate surface area is 147 Å².